The van der Waals surface area contributed by atoms with Gasteiger partial charge in [-0.3, -0.25) is 0 Å². The Morgan fingerprint density at radius 2 is 2.26 bits per heavy atom. The summed E-state index contributed by atoms with van der Waals surface area (Å²) in [6.45, 7) is 2.92. The Morgan fingerprint density at radius 1 is 1.43 bits per heavy atom. The number of unbranched alkanes of at least 4 members (excludes halogenated alkanes) is 1. The highest BCUT2D eigenvalue weighted by molar-refractivity contribution is 6.32. The lowest BCUT2D eigenvalue weighted by Gasteiger charge is -2.22. The van der Waals surface area contributed by atoms with Crippen molar-refractivity contribution in [2.45, 2.75) is 19.8 Å². The van der Waals surface area contributed by atoms with Gasteiger partial charge in [-0.05, 0) is 30.7 Å². The quantitative estimate of drug-likeness (QED) is 0.816. The fraction of sp³-hybridized carbons (Fsp3) is 0.375. The topological polar surface area (TPSA) is 70.4 Å². The summed E-state index contributed by atoms with van der Waals surface area (Å²) in [5.74, 6) is 0. The molecule has 0 fully saturated rings. The number of rotatable bonds is 7. The average Bonchev–Trinajstić information content (AvgIpc) is 3.05. The monoisotopic (exact) mass is 336 g/mol. The summed E-state index contributed by atoms with van der Waals surface area (Å²) in [4.78, 5) is 13.9. The van der Waals surface area contributed by atoms with Gasteiger partial charge in [0.2, 0.25) is 0 Å². The largest absolute Gasteiger partial charge is 0.395 e. The first-order chi connectivity index (χ1) is 11.2. The molecule has 0 saturated heterocycles. The van der Waals surface area contributed by atoms with Crippen molar-refractivity contribution in [1.29, 1.82) is 0 Å². The number of nitrogens with zero attached hydrogens (tertiary/aromatic N) is 3. The van der Waals surface area contributed by atoms with Gasteiger partial charge < -0.3 is 15.3 Å². The Morgan fingerprint density at radius 3 is 2.87 bits per heavy atom. The molecule has 1 aromatic heterocycles. The number of aromatic nitrogens is 2. The van der Waals surface area contributed by atoms with Gasteiger partial charge >= 0.3 is 6.03 Å². The van der Waals surface area contributed by atoms with E-state index in [9.17, 15) is 4.79 Å². The molecule has 124 valence electrons. The van der Waals surface area contributed by atoms with Gasteiger partial charge in [-0.25, -0.2) is 9.48 Å². The highest BCUT2D eigenvalue weighted by Gasteiger charge is 2.13. The molecule has 0 saturated carbocycles. The molecule has 2 N–H and O–H groups in total. The van der Waals surface area contributed by atoms with Crippen molar-refractivity contribution in [2.75, 3.05) is 25.0 Å². The lowest BCUT2D eigenvalue weighted by molar-refractivity contribution is 0.187. The van der Waals surface area contributed by atoms with Gasteiger partial charge in [-0.15, -0.1) is 0 Å². The second-order valence-electron chi connectivity index (χ2n) is 5.11. The molecule has 0 unspecified atom stereocenters. The average molecular weight is 337 g/mol. The molecule has 2 aromatic rings. The molecule has 2 rings (SSSR count). The second kappa shape index (κ2) is 8.55. The van der Waals surface area contributed by atoms with Gasteiger partial charge in [0.1, 0.15) is 0 Å². The van der Waals surface area contributed by atoms with Gasteiger partial charge in [0.25, 0.3) is 0 Å². The predicted molar refractivity (Wildman–Crippen MR) is 91.2 cm³/mol. The molecule has 7 heteroatoms. The molecule has 0 aliphatic carbocycles. The first-order valence-corrected chi connectivity index (χ1v) is 8.00. The number of benzene rings is 1. The third-order valence-electron chi connectivity index (χ3n) is 3.39. The number of aliphatic hydroxyl groups excluding tert-OH is 1. The Kier molecular flexibility index (Phi) is 6.43. The van der Waals surface area contributed by atoms with E-state index in [1.165, 1.54) is 0 Å². The van der Waals surface area contributed by atoms with Crippen molar-refractivity contribution < 1.29 is 9.90 Å². The zero-order valence-corrected chi connectivity index (χ0v) is 13.8. The molecular weight excluding hydrogens is 316 g/mol. The minimum absolute atomic E-state index is 0.0594. The molecule has 0 aliphatic rings. The molecular formula is C16H21ClN4O2. The number of nitrogens with one attached hydrogen (secondary N) is 1. The van der Waals surface area contributed by atoms with E-state index >= 15 is 0 Å². The Labute approximate surface area is 140 Å². The summed E-state index contributed by atoms with van der Waals surface area (Å²) in [6, 6.07) is 6.83. The Bertz CT molecular complexity index is 631. The van der Waals surface area contributed by atoms with E-state index in [0.29, 0.717) is 23.8 Å². The van der Waals surface area contributed by atoms with Crippen LogP contribution in [0.5, 0.6) is 0 Å². The minimum Gasteiger partial charge on any atom is -0.395 e. The number of carbonyl (C=O) groups is 1. The van der Waals surface area contributed by atoms with Crippen LogP contribution in [0.2, 0.25) is 5.02 Å². The third kappa shape index (κ3) is 4.71. The first kappa shape index (κ1) is 17.3. The van der Waals surface area contributed by atoms with Crippen molar-refractivity contribution in [3.63, 3.8) is 0 Å². The fourth-order valence-electron chi connectivity index (χ4n) is 2.17. The van der Waals surface area contributed by atoms with Crippen molar-refractivity contribution in [1.82, 2.24) is 14.7 Å². The Hall–Kier alpha value is -2.05. The third-order valence-corrected chi connectivity index (χ3v) is 3.69. The maximum absolute atomic E-state index is 12.3. The van der Waals surface area contributed by atoms with Gasteiger partial charge in [-0.1, -0.05) is 24.9 Å². The van der Waals surface area contributed by atoms with Crippen molar-refractivity contribution >= 4 is 23.3 Å². The standard InChI is InChI=1S/C16H21ClN4O2/c1-2-3-8-20(10-11-22)16(23)19-13-5-6-15(14(17)12-13)21-9-4-7-18-21/h4-7,9,12,22H,2-3,8,10-11H2,1H3,(H,19,23). The molecule has 0 aliphatic heterocycles. The summed E-state index contributed by atoms with van der Waals surface area (Å²) in [6.07, 6.45) is 5.35. The lowest BCUT2D eigenvalue weighted by Crippen LogP contribution is -2.37. The van der Waals surface area contributed by atoms with Crippen LogP contribution in [-0.4, -0.2) is 45.5 Å². The highest BCUT2D eigenvalue weighted by atomic mass is 35.5. The molecule has 0 spiro atoms. The van der Waals surface area contributed by atoms with Gasteiger partial charge in [0.15, 0.2) is 0 Å². The molecule has 1 heterocycles. The fourth-order valence-corrected chi connectivity index (χ4v) is 2.44. The summed E-state index contributed by atoms with van der Waals surface area (Å²) in [5, 5.41) is 16.5. The number of aliphatic hydroxyl groups is 1. The van der Waals surface area contributed by atoms with Crippen molar-refractivity contribution in [2.24, 2.45) is 0 Å². The van der Waals surface area contributed by atoms with E-state index in [4.69, 9.17) is 16.7 Å². The van der Waals surface area contributed by atoms with Crippen LogP contribution in [0.25, 0.3) is 5.69 Å². The lowest BCUT2D eigenvalue weighted by atomic mass is 10.2. The van der Waals surface area contributed by atoms with Crippen LogP contribution in [0.1, 0.15) is 19.8 Å². The van der Waals surface area contributed by atoms with Crippen LogP contribution < -0.4 is 5.32 Å². The van der Waals surface area contributed by atoms with Crippen LogP contribution in [0.3, 0.4) is 0 Å². The number of amides is 2. The van der Waals surface area contributed by atoms with E-state index in [1.807, 2.05) is 6.07 Å². The molecule has 1 aromatic carbocycles. The van der Waals surface area contributed by atoms with E-state index in [0.717, 1.165) is 18.5 Å². The number of anilines is 1. The number of urea groups is 1. The summed E-state index contributed by atoms with van der Waals surface area (Å²) in [5.41, 5.74) is 1.35. The molecule has 23 heavy (non-hydrogen) atoms. The molecule has 0 bridgehead atoms. The van der Waals surface area contributed by atoms with Crippen LogP contribution in [0, 0.1) is 0 Å². The summed E-state index contributed by atoms with van der Waals surface area (Å²) < 4.78 is 1.66. The number of hydrogen-bond acceptors (Lipinski definition) is 3. The normalized spacial score (nSPS) is 10.6. The van der Waals surface area contributed by atoms with Gasteiger partial charge in [0, 0.05) is 31.2 Å². The van der Waals surface area contributed by atoms with Gasteiger partial charge in [0.05, 0.1) is 17.3 Å². The van der Waals surface area contributed by atoms with Crippen LogP contribution >= 0.6 is 11.6 Å². The molecule has 2 amide bonds. The van der Waals surface area contributed by atoms with Crippen LogP contribution in [0.4, 0.5) is 10.5 Å². The van der Waals surface area contributed by atoms with E-state index < -0.39 is 0 Å². The number of halogens is 1. The first-order valence-electron chi connectivity index (χ1n) is 7.62. The second-order valence-corrected chi connectivity index (χ2v) is 5.52. The molecule has 0 atom stereocenters. The highest BCUT2D eigenvalue weighted by Crippen LogP contribution is 2.24. The number of hydrogen-bond donors (Lipinski definition) is 2. The van der Waals surface area contributed by atoms with Crippen LogP contribution in [0.15, 0.2) is 36.7 Å². The minimum atomic E-state index is -0.240. The number of carbonyl (C=O) groups excluding carboxylic acids is 1. The predicted octanol–water partition coefficient (Wildman–Crippen LogP) is 3.15. The molecule has 6 nitrogen and oxygen atoms in total. The summed E-state index contributed by atoms with van der Waals surface area (Å²) in [7, 11) is 0. The van der Waals surface area contributed by atoms with E-state index in [-0.39, 0.29) is 12.6 Å². The maximum Gasteiger partial charge on any atom is 0.321 e. The zero-order chi connectivity index (χ0) is 16.7. The van der Waals surface area contributed by atoms with E-state index in [1.54, 1.807) is 40.2 Å². The maximum atomic E-state index is 12.3. The Balaban J connectivity index is 2.07. The van der Waals surface area contributed by atoms with Crippen LogP contribution in [-0.2, 0) is 0 Å². The SMILES string of the molecule is CCCCN(CCO)C(=O)Nc1ccc(-n2cccn2)c(Cl)c1. The zero-order valence-electron chi connectivity index (χ0n) is 13.1. The smallest absolute Gasteiger partial charge is 0.321 e. The van der Waals surface area contributed by atoms with Crippen molar-refractivity contribution in [3.05, 3.63) is 41.7 Å². The summed E-state index contributed by atoms with van der Waals surface area (Å²) >= 11 is 6.26. The molecule has 0 radical (unpaired) electrons. The van der Waals surface area contributed by atoms with E-state index in [2.05, 4.69) is 17.3 Å². The van der Waals surface area contributed by atoms with Crippen molar-refractivity contribution in [3.8, 4) is 5.69 Å². The van der Waals surface area contributed by atoms with Gasteiger partial charge in [-0.2, -0.15) is 5.10 Å².